The highest BCUT2D eigenvalue weighted by molar-refractivity contribution is 9.10. The standard InChI is InChI=1S/C12H12BrFN2O/c1-2-7-3-11(17)16(6-7)12-9(14)4-8(13)5-10(12)15/h2,4-5,7H,1,3,6,15H2. The predicted octanol–water partition coefficient (Wildman–Crippen LogP) is 2.71. The number of anilines is 2. The van der Waals surface area contributed by atoms with Crippen LogP contribution in [-0.4, -0.2) is 12.5 Å². The molecule has 1 amide bonds. The van der Waals surface area contributed by atoms with E-state index in [1.807, 2.05) is 0 Å². The van der Waals surface area contributed by atoms with Crippen molar-refractivity contribution in [2.24, 2.45) is 5.92 Å². The van der Waals surface area contributed by atoms with Gasteiger partial charge in [-0.1, -0.05) is 22.0 Å². The summed E-state index contributed by atoms with van der Waals surface area (Å²) in [5.41, 5.74) is 6.19. The molecule has 0 spiro atoms. The molecule has 1 atom stereocenters. The normalized spacial score (nSPS) is 19.8. The Kier molecular flexibility index (Phi) is 3.19. The van der Waals surface area contributed by atoms with Gasteiger partial charge in [0.15, 0.2) is 0 Å². The second-order valence-electron chi connectivity index (χ2n) is 4.03. The molecule has 1 fully saturated rings. The number of nitrogen functional groups attached to an aromatic ring is 1. The maximum Gasteiger partial charge on any atom is 0.227 e. The number of halogens is 2. The molecule has 3 nitrogen and oxygen atoms in total. The molecule has 1 aliphatic rings. The van der Waals surface area contributed by atoms with Gasteiger partial charge in [-0.25, -0.2) is 4.39 Å². The summed E-state index contributed by atoms with van der Waals surface area (Å²) in [5, 5.41) is 0. The first-order chi connectivity index (χ1) is 8.02. The van der Waals surface area contributed by atoms with Crippen LogP contribution in [0.2, 0.25) is 0 Å². The van der Waals surface area contributed by atoms with Gasteiger partial charge in [0.1, 0.15) is 11.5 Å². The van der Waals surface area contributed by atoms with Gasteiger partial charge in [0, 0.05) is 23.4 Å². The van der Waals surface area contributed by atoms with Crippen LogP contribution in [0.5, 0.6) is 0 Å². The van der Waals surface area contributed by atoms with Crippen molar-refractivity contribution in [1.82, 2.24) is 0 Å². The van der Waals surface area contributed by atoms with Gasteiger partial charge in [0.25, 0.3) is 0 Å². The lowest BCUT2D eigenvalue weighted by atomic mass is 10.1. The topological polar surface area (TPSA) is 46.3 Å². The number of benzene rings is 1. The first kappa shape index (κ1) is 12.1. The molecule has 1 saturated heterocycles. The fraction of sp³-hybridized carbons (Fsp3) is 0.250. The van der Waals surface area contributed by atoms with Gasteiger partial charge in [-0.2, -0.15) is 0 Å². The van der Waals surface area contributed by atoms with Gasteiger partial charge in [-0.3, -0.25) is 4.79 Å². The molecular weight excluding hydrogens is 287 g/mol. The zero-order chi connectivity index (χ0) is 12.6. The molecule has 0 aliphatic carbocycles. The summed E-state index contributed by atoms with van der Waals surface area (Å²) >= 11 is 3.16. The van der Waals surface area contributed by atoms with Gasteiger partial charge in [0.2, 0.25) is 5.91 Å². The fourth-order valence-electron chi connectivity index (χ4n) is 1.98. The lowest BCUT2D eigenvalue weighted by Crippen LogP contribution is -2.26. The van der Waals surface area contributed by atoms with Crippen LogP contribution < -0.4 is 10.6 Å². The highest BCUT2D eigenvalue weighted by atomic mass is 79.9. The Balaban J connectivity index is 2.41. The first-order valence-electron chi connectivity index (χ1n) is 5.20. The van der Waals surface area contributed by atoms with E-state index in [1.54, 1.807) is 12.1 Å². The van der Waals surface area contributed by atoms with Crippen molar-refractivity contribution in [3.8, 4) is 0 Å². The molecule has 1 aliphatic heterocycles. The molecule has 0 aromatic heterocycles. The summed E-state index contributed by atoms with van der Waals surface area (Å²) in [6.45, 7) is 4.09. The molecule has 0 saturated carbocycles. The maximum absolute atomic E-state index is 13.8. The molecular formula is C12H12BrFN2O. The number of nitrogens with zero attached hydrogens (tertiary/aromatic N) is 1. The van der Waals surface area contributed by atoms with Gasteiger partial charge in [0.05, 0.1) is 5.69 Å². The number of hydrogen-bond acceptors (Lipinski definition) is 2. The van der Waals surface area contributed by atoms with E-state index in [-0.39, 0.29) is 23.2 Å². The summed E-state index contributed by atoms with van der Waals surface area (Å²) in [4.78, 5) is 13.2. The summed E-state index contributed by atoms with van der Waals surface area (Å²) in [6.07, 6.45) is 2.07. The second-order valence-corrected chi connectivity index (χ2v) is 4.95. The maximum atomic E-state index is 13.8. The Morgan fingerprint density at radius 3 is 2.82 bits per heavy atom. The largest absolute Gasteiger partial charge is 0.397 e. The van der Waals surface area contributed by atoms with Gasteiger partial charge in [-0.15, -0.1) is 6.58 Å². The molecule has 1 unspecified atom stereocenters. The van der Waals surface area contributed by atoms with E-state index < -0.39 is 5.82 Å². The highest BCUT2D eigenvalue weighted by Crippen LogP contribution is 2.34. The van der Waals surface area contributed by atoms with Crippen molar-refractivity contribution in [1.29, 1.82) is 0 Å². The van der Waals surface area contributed by atoms with E-state index in [0.717, 1.165) is 0 Å². The molecule has 5 heteroatoms. The molecule has 0 bridgehead atoms. The number of nitrogens with two attached hydrogens (primary N) is 1. The number of carbonyl (C=O) groups excluding carboxylic acids is 1. The third-order valence-corrected chi connectivity index (χ3v) is 3.27. The van der Waals surface area contributed by atoms with Gasteiger partial charge >= 0.3 is 0 Å². The predicted molar refractivity (Wildman–Crippen MR) is 69.2 cm³/mol. The van der Waals surface area contributed by atoms with E-state index in [0.29, 0.717) is 17.4 Å². The van der Waals surface area contributed by atoms with E-state index in [1.165, 1.54) is 11.0 Å². The minimum absolute atomic E-state index is 0.0601. The van der Waals surface area contributed by atoms with Crippen LogP contribution in [0.25, 0.3) is 0 Å². The summed E-state index contributed by atoms with van der Waals surface area (Å²) < 4.78 is 14.4. The lowest BCUT2D eigenvalue weighted by molar-refractivity contribution is -0.117. The van der Waals surface area contributed by atoms with Crippen LogP contribution in [0, 0.1) is 11.7 Å². The van der Waals surface area contributed by atoms with E-state index >= 15 is 0 Å². The second kappa shape index (κ2) is 4.49. The quantitative estimate of drug-likeness (QED) is 0.674. The van der Waals surface area contributed by atoms with E-state index in [9.17, 15) is 9.18 Å². The highest BCUT2D eigenvalue weighted by Gasteiger charge is 2.31. The first-order valence-corrected chi connectivity index (χ1v) is 5.99. The van der Waals surface area contributed by atoms with Crippen LogP contribution in [0.15, 0.2) is 29.3 Å². The SMILES string of the molecule is C=CC1CC(=O)N(c2c(N)cc(Br)cc2F)C1. The Hall–Kier alpha value is -1.36. The number of carbonyl (C=O) groups is 1. The van der Waals surface area contributed by atoms with Crippen LogP contribution in [0.3, 0.4) is 0 Å². The molecule has 90 valence electrons. The minimum atomic E-state index is -0.491. The van der Waals surface area contributed by atoms with Gasteiger partial charge in [-0.05, 0) is 12.1 Å². The summed E-state index contributed by atoms with van der Waals surface area (Å²) in [6, 6.07) is 2.90. The van der Waals surface area contributed by atoms with Crippen molar-refractivity contribution in [3.63, 3.8) is 0 Å². The van der Waals surface area contributed by atoms with Crippen LogP contribution in [0.4, 0.5) is 15.8 Å². The molecule has 2 N–H and O–H groups in total. The summed E-state index contributed by atoms with van der Waals surface area (Å²) in [5.74, 6) is -0.553. The Morgan fingerprint density at radius 1 is 1.59 bits per heavy atom. The van der Waals surface area contributed by atoms with Gasteiger partial charge < -0.3 is 10.6 Å². The van der Waals surface area contributed by atoms with Crippen molar-refractivity contribution < 1.29 is 9.18 Å². The molecule has 0 radical (unpaired) electrons. The van der Waals surface area contributed by atoms with E-state index in [4.69, 9.17) is 5.73 Å². The zero-order valence-electron chi connectivity index (χ0n) is 9.12. The third kappa shape index (κ3) is 2.20. The zero-order valence-corrected chi connectivity index (χ0v) is 10.7. The summed E-state index contributed by atoms with van der Waals surface area (Å²) in [7, 11) is 0. The average Bonchev–Trinajstić information content (AvgIpc) is 2.59. The molecule has 2 rings (SSSR count). The lowest BCUT2D eigenvalue weighted by Gasteiger charge is -2.19. The van der Waals surface area contributed by atoms with Crippen molar-refractivity contribution in [3.05, 3.63) is 35.1 Å². The van der Waals surface area contributed by atoms with E-state index in [2.05, 4.69) is 22.5 Å². The Bertz CT molecular complexity index is 466. The van der Waals surface area contributed by atoms with Crippen molar-refractivity contribution >= 4 is 33.2 Å². The fourth-order valence-corrected chi connectivity index (χ4v) is 2.43. The number of rotatable bonds is 2. The molecule has 17 heavy (non-hydrogen) atoms. The number of hydrogen-bond donors (Lipinski definition) is 1. The molecule has 1 aromatic carbocycles. The Labute approximate surface area is 107 Å². The Morgan fingerprint density at radius 2 is 2.29 bits per heavy atom. The van der Waals surface area contributed by atoms with Crippen LogP contribution in [0.1, 0.15) is 6.42 Å². The average molecular weight is 299 g/mol. The third-order valence-electron chi connectivity index (χ3n) is 2.82. The minimum Gasteiger partial charge on any atom is -0.397 e. The smallest absolute Gasteiger partial charge is 0.227 e. The van der Waals surface area contributed by atoms with Crippen molar-refractivity contribution in [2.45, 2.75) is 6.42 Å². The van der Waals surface area contributed by atoms with Crippen LogP contribution in [-0.2, 0) is 4.79 Å². The molecule has 1 aromatic rings. The van der Waals surface area contributed by atoms with Crippen molar-refractivity contribution in [2.75, 3.05) is 17.2 Å². The monoisotopic (exact) mass is 298 g/mol. The number of amides is 1. The van der Waals surface area contributed by atoms with Crippen LogP contribution >= 0.6 is 15.9 Å². The molecule has 1 heterocycles.